The first-order valence-electron chi connectivity index (χ1n) is 6.21. The first-order chi connectivity index (χ1) is 7.22. The van der Waals surface area contributed by atoms with Gasteiger partial charge in [-0.25, -0.2) is 0 Å². The van der Waals surface area contributed by atoms with E-state index >= 15 is 0 Å². The van der Waals surface area contributed by atoms with E-state index in [1.807, 2.05) is 11.8 Å². The number of rotatable bonds is 10. The van der Waals surface area contributed by atoms with Gasteiger partial charge in [0, 0.05) is 19.1 Å². The van der Waals surface area contributed by atoms with Crippen LogP contribution in [-0.2, 0) is 0 Å². The van der Waals surface area contributed by atoms with Crippen molar-refractivity contribution in [3.05, 3.63) is 0 Å². The molecule has 0 bridgehead atoms. The number of nitrogens with zero attached hydrogens (tertiary/aromatic N) is 1. The van der Waals surface area contributed by atoms with Crippen LogP contribution < -0.4 is 5.32 Å². The summed E-state index contributed by atoms with van der Waals surface area (Å²) >= 11 is 2.03. The number of thioether (sulfide) groups is 1. The summed E-state index contributed by atoms with van der Waals surface area (Å²) < 4.78 is 0. The smallest absolute Gasteiger partial charge is 0.0107 e. The van der Waals surface area contributed by atoms with Gasteiger partial charge in [0.1, 0.15) is 0 Å². The SMILES string of the molecule is CCSCCCNCCN(C)C(C)CC. The third-order valence-electron chi connectivity index (χ3n) is 2.83. The fourth-order valence-electron chi connectivity index (χ4n) is 1.36. The highest BCUT2D eigenvalue weighted by atomic mass is 32.2. The Bertz CT molecular complexity index is 131. The maximum absolute atomic E-state index is 3.50. The van der Waals surface area contributed by atoms with E-state index < -0.39 is 0 Å². The van der Waals surface area contributed by atoms with E-state index in [9.17, 15) is 0 Å². The van der Waals surface area contributed by atoms with E-state index in [0.29, 0.717) is 6.04 Å². The molecule has 3 heteroatoms. The summed E-state index contributed by atoms with van der Waals surface area (Å²) in [6.07, 6.45) is 2.54. The summed E-state index contributed by atoms with van der Waals surface area (Å²) in [6, 6.07) is 0.711. The van der Waals surface area contributed by atoms with Crippen molar-refractivity contribution < 1.29 is 0 Å². The predicted octanol–water partition coefficient (Wildman–Crippen LogP) is 2.45. The molecule has 0 aromatic carbocycles. The normalized spacial score (nSPS) is 13.4. The van der Waals surface area contributed by atoms with Gasteiger partial charge in [-0.1, -0.05) is 13.8 Å². The molecule has 0 amide bonds. The third-order valence-corrected chi connectivity index (χ3v) is 3.82. The lowest BCUT2D eigenvalue weighted by Gasteiger charge is -2.23. The van der Waals surface area contributed by atoms with Crippen molar-refractivity contribution in [2.45, 2.75) is 39.7 Å². The summed E-state index contributed by atoms with van der Waals surface area (Å²) in [4.78, 5) is 2.42. The van der Waals surface area contributed by atoms with Crippen LogP contribution in [0.25, 0.3) is 0 Å². The fourth-order valence-corrected chi connectivity index (χ4v) is 1.99. The first-order valence-corrected chi connectivity index (χ1v) is 7.36. The minimum Gasteiger partial charge on any atom is -0.315 e. The zero-order chi connectivity index (χ0) is 11.5. The second kappa shape index (κ2) is 10.8. The number of hydrogen-bond acceptors (Lipinski definition) is 3. The van der Waals surface area contributed by atoms with E-state index in [-0.39, 0.29) is 0 Å². The van der Waals surface area contributed by atoms with Gasteiger partial charge in [-0.05, 0) is 44.9 Å². The van der Waals surface area contributed by atoms with Gasteiger partial charge in [0.2, 0.25) is 0 Å². The Morgan fingerprint density at radius 1 is 1.27 bits per heavy atom. The summed E-state index contributed by atoms with van der Waals surface area (Å²) in [5.41, 5.74) is 0. The van der Waals surface area contributed by atoms with E-state index in [1.54, 1.807) is 0 Å². The van der Waals surface area contributed by atoms with Crippen LogP contribution >= 0.6 is 11.8 Å². The molecule has 15 heavy (non-hydrogen) atoms. The fraction of sp³-hybridized carbons (Fsp3) is 1.00. The van der Waals surface area contributed by atoms with E-state index in [4.69, 9.17) is 0 Å². The van der Waals surface area contributed by atoms with Crippen LogP contribution in [0.15, 0.2) is 0 Å². The number of likely N-dealkylation sites (N-methyl/N-ethyl adjacent to an activating group) is 1. The average molecular weight is 232 g/mol. The molecule has 0 aromatic heterocycles. The van der Waals surface area contributed by atoms with Crippen molar-refractivity contribution in [3.63, 3.8) is 0 Å². The van der Waals surface area contributed by atoms with Crippen LogP contribution in [-0.4, -0.2) is 49.1 Å². The minimum atomic E-state index is 0.711. The highest BCUT2D eigenvalue weighted by Gasteiger charge is 2.04. The Hall–Kier alpha value is 0.270. The average Bonchev–Trinajstić information content (AvgIpc) is 2.26. The van der Waals surface area contributed by atoms with Crippen molar-refractivity contribution in [2.24, 2.45) is 0 Å². The van der Waals surface area contributed by atoms with Gasteiger partial charge in [0.15, 0.2) is 0 Å². The highest BCUT2D eigenvalue weighted by molar-refractivity contribution is 7.99. The summed E-state index contributed by atoms with van der Waals surface area (Å²) in [6.45, 7) is 10.2. The number of nitrogens with one attached hydrogen (secondary N) is 1. The van der Waals surface area contributed by atoms with Crippen LogP contribution in [0.3, 0.4) is 0 Å². The molecule has 1 atom stereocenters. The highest BCUT2D eigenvalue weighted by Crippen LogP contribution is 2.00. The lowest BCUT2D eigenvalue weighted by Crippen LogP contribution is -2.35. The van der Waals surface area contributed by atoms with Gasteiger partial charge >= 0.3 is 0 Å². The molecular formula is C12H28N2S. The molecule has 0 heterocycles. The third kappa shape index (κ3) is 9.21. The standard InChI is InChI=1S/C12H28N2S/c1-5-12(3)14(4)10-9-13-8-7-11-15-6-2/h12-13H,5-11H2,1-4H3. The molecule has 0 saturated heterocycles. The molecule has 0 spiro atoms. The van der Waals surface area contributed by atoms with Crippen LogP contribution in [0.5, 0.6) is 0 Å². The van der Waals surface area contributed by atoms with Crippen LogP contribution in [0.1, 0.15) is 33.6 Å². The zero-order valence-corrected chi connectivity index (χ0v) is 11.7. The Kier molecular flexibility index (Phi) is 11.0. The van der Waals surface area contributed by atoms with Gasteiger partial charge in [0.25, 0.3) is 0 Å². The van der Waals surface area contributed by atoms with Crippen LogP contribution in [0.2, 0.25) is 0 Å². The summed E-state index contributed by atoms with van der Waals surface area (Å²) in [5, 5.41) is 3.50. The van der Waals surface area contributed by atoms with Gasteiger partial charge < -0.3 is 10.2 Å². The topological polar surface area (TPSA) is 15.3 Å². The van der Waals surface area contributed by atoms with Crippen molar-refractivity contribution in [3.8, 4) is 0 Å². The van der Waals surface area contributed by atoms with E-state index in [1.165, 1.54) is 30.9 Å². The maximum atomic E-state index is 3.50. The molecule has 2 nitrogen and oxygen atoms in total. The van der Waals surface area contributed by atoms with Crippen molar-refractivity contribution >= 4 is 11.8 Å². The Labute approximate surface area is 100 Å². The monoisotopic (exact) mass is 232 g/mol. The Morgan fingerprint density at radius 2 is 2.00 bits per heavy atom. The molecule has 0 fully saturated rings. The first kappa shape index (κ1) is 15.3. The van der Waals surface area contributed by atoms with Crippen molar-refractivity contribution in [2.75, 3.05) is 38.2 Å². The molecule has 0 aromatic rings. The Balaban J connectivity index is 3.16. The molecule has 1 unspecified atom stereocenters. The second-order valence-electron chi connectivity index (χ2n) is 4.04. The molecule has 0 aliphatic carbocycles. The predicted molar refractivity (Wildman–Crippen MR) is 72.9 cm³/mol. The molecule has 0 saturated carbocycles. The molecule has 0 aliphatic rings. The largest absolute Gasteiger partial charge is 0.315 e. The maximum Gasteiger partial charge on any atom is 0.0107 e. The van der Waals surface area contributed by atoms with Gasteiger partial charge in [-0.2, -0.15) is 11.8 Å². The lowest BCUT2D eigenvalue weighted by atomic mass is 10.2. The van der Waals surface area contributed by atoms with Crippen LogP contribution in [0.4, 0.5) is 0 Å². The molecule has 92 valence electrons. The van der Waals surface area contributed by atoms with E-state index in [2.05, 4.69) is 38.0 Å². The molecule has 0 aliphatic heterocycles. The van der Waals surface area contributed by atoms with Gasteiger partial charge in [0.05, 0.1) is 0 Å². The minimum absolute atomic E-state index is 0.711. The van der Waals surface area contributed by atoms with E-state index in [0.717, 1.165) is 13.1 Å². The number of hydrogen-bond donors (Lipinski definition) is 1. The second-order valence-corrected chi connectivity index (χ2v) is 5.43. The van der Waals surface area contributed by atoms with Gasteiger partial charge in [-0.3, -0.25) is 0 Å². The molecule has 1 N–H and O–H groups in total. The van der Waals surface area contributed by atoms with Gasteiger partial charge in [-0.15, -0.1) is 0 Å². The summed E-state index contributed by atoms with van der Waals surface area (Å²) in [7, 11) is 2.21. The molecular weight excluding hydrogens is 204 g/mol. The Morgan fingerprint density at radius 3 is 2.60 bits per heavy atom. The summed E-state index contributed by atoms with van der Waals surface area (Å²) in [5.74, 6) is 2.54. The lowest BCUT2D eigenvalue weighted by molar-refractivity contribution is 0.252. The quantitative estimate of drug-likeness (QED) is 0.583. The van der Waals surface area contributed by atoms with Crippen molar-refractivity contribution in [1.82, 2.24) is 10.2 Å². The molecule has 0 radical (unpaired) electrons. The van der Waals surface area contributed by atoms with Crippen molar-refractivity contribution in [1.29, 1.82) is 0 Å². The van der Waals surface area contributed by atoms with Crippen LogP contribution in [0, 0.1) is 0 Å². The zero-order valence-electron chi connectivity index (χ0n) is 10.9. The molecule has 0 rings (SSSR count).